The van der Waals surface area contributed by atoms with Gasteiger partial charge in [-0.05, 0) is 43.0 Å². The van der Waals surface area contributed by atoms with Crippen molar-refractivity contribution in [2.24, 2.45) is 0 Å². The third-order valence-corrected chi connectivity index (χ3v) is 8.87. The van der Waals surface area contributed by atoms with Crippen LogP contribution in [0.25, 0.3) is 0 Å². The van der Waals surface area contributed by atoms with E-state index in [1.807, 2.05) is 61.5 Å². The molecule has 1 aliphatic carbocycles. The molecule has 0 aromatic heterocycles. The van der Waals surface area contributed by atoms with E-state index in [1.54, 1.807) is 18.2 Å². The van der Waals surface area contributed by atoms with Crippen molar-refractivity contribution in [3.63, 3.8) is 0 Å². The number of nitrogens with one attached hydrogen (secondary N) is 1. The average molecular weight is 592 g/mol. The number of carbonyl (C=O) groups is 2. The summed E-state index contributed by atoms with van der Waals surface area (Å²) in [4.78, 5) is 29.7. The van der Waals surface area contributed by atoms with Crippen LogP contribution in [-0.2, 0) is 32.6 Å². The molecule has 0 bridgehead atoms. The standard InChI is InChI=1S/C32H37N3O6S/c1-23-9-8-12-25(17-23)20-34(28(18-24-10-4-3-5-11-24)32(37)33-26-13-6-7-14-26)31(36)21-35(42(2,38)39)27-15-16-29-30(19-27)41-22-40-29/h3-5,8-12,15-17,19,26,28H,6-7,13-14,18,20-22H2,1-2H3,(H,33,37)/t28-/m0/s1. The summed E-state index contributed by atoms with van der Waals surface area (Å²) in [7, 11) is -3.88. The van der Waals surface area contributed by atoms with Gasteiger partial charge in [-0.25, -0.2) is 8.42 Å². The summed E-state index contributed by atoms with van der Waals surface area (Å²) in [5.41, 5.74) is 3.06. The minimum absolute atomic E-state index is 0.0398. The van der Waals surface area contributed by atoms with Crippen molar-refractivity contribution in [1.29, 1.82) is 0 Å². The van der Waals surface area contributed by atoms with Gasteiger partial charge in [0.05, 0.1) is 11.9 Å². The van der Waals surface area contributed by atoms with Gasteiger partial charge in [0.15, 0.2) is 11.5 Å². The van der Waals surface area contributed by atoms with Gasteiger partial charge in [0.2, 0.25) is 28.6 Å². The number of aryl methyl sites for hydroxylation is 1. The number of anilines is 1. The Balaban J connectivity index is 1.50. The van der Waals surface area contributed by atoms with Crippen LogP contribution in [-0.4, -0.2) is 56.8 Å². The summed E-state index contributed by atoms with van der Waals surface area (Å²) in [6, 6.07) is 21.3. The van der Waals surface area contributed by atoms with E-state index in [4.69, 9.17) is 9.47 Å². The summed E-state index contributed by atoms with van der Waals surface area (Å²) in [6.45, 7) is 1.67. The highest BCUT2D eigenvalue weighted by Crippen LogP contribution is 2.36. The molecule has 2 amide bonds. The van der Waals surface area contributed by atoms with E-state index in [2.05, 4.69) is 5.32 Å². The first-order chi connectivity index (χ1) is 20.2. The van der Waals surface area contributed by atoms with Gasteiger partial charge < -0.3 is 19.7 Å². The fourth-order valence-electron chi connectivity index (χ4n) is 5.58. The molecule has 1 fully saturated rings. The molecule has 1 atom stereocenters. The van der Waals surface area contributed by atoms with Crippen molar-refractivity contribution in [3.05, 3.63) is 89.5 Å². The number of fused-ring (bicyclic) bond motifs is 1. The summed E-state index contributed by atoms with van der Waals surface area (Å²) in [5.74, 6) is 0.192. The molecule has 1 heterocycles. The fourth-order valence-corrected chi connectivity index (χ4v) is 6.42. The van der Waals surface area contributed by atoms with Crippen LogP contribution in [0, 0.1) is 6.92 Å². The average Bonchev–Trinajstić information content (AvgIpc) is 3.65. The zero-order valence-electron chi connectivity index (χ0n) is 24.0. The molecule has 3 aromatic rings. The lowest BCUT2D eigenvalue weighted by atomic mass is 10.0. The number of nitrogens with zero attached hydrogens (tertiary/aromatic N) is 2. The second-order valence-electron chi connectivity index (χ2n) is 11.0. The Bertz CT molecular complexity index is 1520. The molecule has 10 heteroatoms. The first-order valence-electron chi connectivity index (χ1n) is 14.2. The van der Waals surface area contributed by atoms with Crippen molar-refractivity contribution in [3.8, 4) is 11.5 Å². The Labute approximate surface area is 247 Å². The zero-order valence-corrected chi connectivity index (χ0v) is 24.8. The molecule has 222 valence electrons. The van der Waals surface area contributed by atoms with E-state index in [0.29, 0.717) is 17.9 Å². The summed E-state index contributed by atoms with van der Waals surface area (Å²) >= 11 is 0. The monoisotopic (exact) mass is 591 g/mol. The molecule has 1 aliphatic heterocycles. The maximum Gasteiger partial charge on any atom is 0.244 e. The fraction of sp³-hybridized carbons (Fsp3) is 0.375. The van der Waals surface area contributed by atoms with Gasteiger partial charge in [-0.2, -0.15) is 0 Å². The van der Waals surface area contributed by atoms with Crippen LogP contribution in [0.2, 0.25) is 0 Å². The Morgan fingerprint density at radius 3 is 2.36 bits per heavy atom. The van der Waals surface area contributed by atoms with Gasteiger partial charge >= 0.3 is 0 Å². The number of hydrogen-bond donors (Lipinski definition) is 1. The van der Waals surface area contributed by atoms with Crippen molar-refractivity contribution in [2.45, 2.75) is 57.7 Å². The highest BCUT2D eigenvalue weighted by atomic mass is 32.2. The van der Waals surface area contributed by atoms with Crippen LogP contribution >= 0.6 is 0 Å². The molecule has 9 nitrogen and oxygen atoms in total. The highest BCUT2D eigenvalue weighted by Gasteiger charge is 2.34. The van der Waals surface area contributed by atoms with Gasteiger partial charge in [-0.15, -0.1) is 0 Å². The van der Waals surface area contributed by atoms with Crippen molar-refractivity contribution in [1.82, 2.24) is 10.2 Å². The Hall–Kier alpha value is -4.05. The Morgan fingerprint density at radius 1 is 0.929 bits per heavy atom. The third-order valence-electron chi connectivity index (χ3n) is 7.73. The number of hydrogen-bond acceptors (Lipinski definition) is 6. The van der Waals surface area contributed by atoms with Gasteiger partial charge in [-0.3, -0.25) is 13.9 Å². The quantitative estimate of drug-likeness (QED) is 0.359. The van der Waals surface area contributed by atoms with Crippen LogP contribution in [0.15, 0.2) is 72.8 Å². The lowest BCUT2D eigenvalue weighted by Gasteiger charge is -2.34. The summed E-state index contributed by atoms with van der Waals surface area (Å²) < 4.78 is 37.9. The number of amides is 2. The van der Waals surface area contributed by atoms with E-state index in [-0.39, 0.29) is 31.0 Å². The number of benzene rings is 3. The van der Waals surface area contributed by atoms with Crippen LogP contribution in [0.5, 0.6) is 11.5 Å². The maximum atomic E-state index is 14.3. The lowest BCUT2D eigenvalue weighted by Crippen LogP contribution is -2.54. The van der Waals surface area contributed by atoms with Crippen LogP contribution < -0.4 is 19.1 Å². The van der Waals surface area contributed by atoms with Gasteiger partial charge in [-0.1, -0.05) is 73.0 Å². The van der Waals surface area contributed by atoms with Crippen molar-refractivity contribution >= 4 is 27.5 Å². The van der Waals surface area contributed by atoms with Crippen molar-refractivity contribution < 1.29 is 27.5 Å². The topological polar surface area (TPSA) is 105 Å². The summed E-state index contributed by atoms with van der Waals surface area (Å²) in [6.07, 6.45) is 5.27. The predicted octanol–water partition coefficient (Wildman–Crippen LogP) is 4.19. The predicted molar refractivity (Wildman–Crippen MR) is 161 cm³/mol. The molecule has 0 spiro atoms. The normalized spacial score (nSPS) is 15.3. The second-order valence-corrected chi connectivity index (χ2v) is 12.9. The first-order valence-corrected chi connectivity index (χ1v) is 16.1. The zero-order chi connectivity index (χ0) is 29.7. The van der Waals surface area contributed by atoms with Gasteiger partial charge in [0.25, 0.3) is 0 Å². The number of rotatable bonds is 11. The Kier molecular flexibility index (Phi) is 9.01. The van der Waals surface area contributed by atoms with E-state index in [0.717, 1.165) is 52.9 Å². The first kappa shape index (κ1) is 29.4. The van der Waals surface area contributed by atoms with E-state index >= 15 is 0 Å². The lowest BCUT2D eigenvalue weighted by molar-refractivity contribution is -0.140. The molecule has 2 aliphatic rings. The molecule has 42 heavy (non-hydrogen) atoms. The van der Waals surface area contributed by atoms with Gasteiger partial charge in [0.1, 0.15) is 12.6 Å². The van der Waals surface area contributed by atoms with E-state index in [9.17, 15) is 18.0 Å². The molecule has 1 saturated carbocycles. The van der Waals surface area contributed by atoms with Crippen LogP contribution in [0.1, 0.15) is 42.4 Å². The highest BCUT2D eigenvalue weighted by molar-refractivity contribution is 7.92. The molecule has 3 aromatic carbocycles. The minimum atomic E-state index is -3.88. The largest absolute Gasteiger partial charge is 0.454 e. The SMILES string of the molecule is Cc1cccc(CN(C(=O)CN(c2ccc3c(c2)OCO3)S(C)(=O)=O)[C@@H](Cc2ccccc2)C(=O)NC2CCCC2)c1. The van der Waals surface area contributed by atoms with Gasteiger partial charge in [0, 0.05) is 25.1 Å². The minimum Gasteiger partial charge on any atom is -0.454 e. The molecule has 0 radical (unpaired) electrons. The number of carbonyl (C=O) groups excluding carboxylic acids is 2. The van der Waals surface area contributed by atoms with Crippen molar-refractivity contribution in [2.75, 3.05) is 23.9 Å². The van der Waals surface area contributed by atoms with Crippen LogP contribution in [0.4, 0.5) is 5.69 Å². The Morgan fingerprint density at radius 2 is 1.64 bits per heavy atom. The molecule has 1 N–H and O–H groups in total. The maximum absolute atomic E-state index is 14.3. The number of sulfonamides is 1. The molecular formula is C32H37N3O6S. The summed E-state index contributed by atoms with van der Waals surface area (Å²) in [5, 5.41) is 3.18. The smallest absolute Gasteiger partial charge is 0.244 e. The second kappa shape index (κ2) is 12.9. The third kappa shape index (κ3) is 7.23. The molecule has 5 rings (SSSR count). The van der Waals surface area contributed by atoms with E-state index < -0.39 is 28.5 Å². The van der Waals surface area contributed by atoms with Crippen LogP contribution in [0.3, 0.4) is 0 Å². The molecular weight excluding hydrogens is 554 g/mol. The molecule has 0 saturated heterocycles. The van der Waals surface area contributed by atoms with E-state index in [1.165, 1.54) is 4.90 Å². The molecule has 0 unspecified atom stereocenters. The number of ether oxygens (including phenoxy) is 2.